The van der Waals surface area contributed by atoms with Crippen molar-refractivity contribution in [1.82, 2.24) is 5.32 Å². The highest BCUT2D eigenvalue weighted by Gasteiger charge is 2.39. The highest BCUT2D eigenvalue weighted by Crippen LogP contribution is 2.37. The number of ether oxygens (including phenoxy) is 1. The van der Waals surface area contributed by atoms with Gasteiger partial charge in [0.15, 0.2) is 0 Å². The number of esters is 1. The second kappa shape index (κ2) is 6.15. The van der Waals surface area contributed by atoms with E-state index in [9.17, 15) is 9.59 Å². The third-order valence-corrected chi connectivity index (χ3v) is 3.87. The van der Waals surface area contributed by atoms with Crippen LogP contribution in [0.3, 0.4) is 0 Å². The molecule has 0 aliphatic heterocycles. The van der Waals surface area contributed by atoms with Gasteiger partial charge in [-0.3, -0.25) is 4.79 Å². The van der Waals surface area contributed by atoms with Crippen LogP contribution in [0.2, 0.25) is 0 Å². The van der Waals surface area contributed by atoms with Crippen LogP contribution in [0.1, 0.15) is 67.2 Å². The second-order valence-corrected chi connectivity index (χ2v) is 7.50. The summed E-state index contributed by atoms with van der Waals surface area (Å²) in [5.41, 5.74) is -0.860. The Morgan fingerprint density at radius 3 is 2.05 bits per heavy atom. The van der Waals surface area contributed by atoms with Gasteiger partial charge in [-0.15, -0.1) is 0 Å². The summed E-state index contributed by atoms with van der Waals surface area (Å²) in [6.07, 6.45) is 3.97. The zero-order valence-corrected chi connectivity index (χ0v) is 13.7. The Morgan fingerprint density at radius 1 is 1.15 bits per heavy atom. The number of carbonyl (C=O) groups is 2. The number of nitrogens with one attached hydrogen (secondary N) is 1. The maximum absolute atomic E-state index is 12.4. The third kappa shape index (κ3) is 4.50. The van der Waals surface area contributed by atoms with Gasteiger partial charge in [-0.25, -0.2) is 4.79 Å². The van der Waals surface area contributed by atoms with Crippen LogP contribution in [0.15, 0.2) is 0 Å². The van der Waals surface area contributed by atoms with Crippen LogP contribution in [0.5, 0.6) is 0 Å². The van der Waals surface area contributed by atoms with Gasteiger partial charge < -0.3 is 10.1 Å². The van der Waals surface area contributed by atoms with Crippen molar-refractivity contribution in [2.45, 2.75) is 78.9 Å². The first kappa shape index (κ1) is 17.0. The molecule has 0 heterocycles. The summed E-state index contributed by atoms with van der Waals surface area (Å²) in [7, 11) is 0. The first-order chi connectivity index (χ1) is 9.05. The number of hydrogen-bond acceptors (Lipinski definition) is 3. The predicted molar refractivity (Wildman–Crippen MR) is 79.2 cm³/mol. The minimum atomic E-state index is -0.570. The van der Waals surface area contributed by atoms with E-state index in [1.165, 1.54) is 0 Å². The van der Waals surface area contributed by atoms with Crippen LogP contribution in [0.4, 0.5) is 0 Å². The van der Waals surface area contributed by atoms with Crippen LogP contribution < -0.4 is 5.32 Å². The summed E-state index contributed by atoms with van der Waals surface area (Å²) in [6, 6.07) is -0.570. The maximum atomic E-state index is 12.4. The van der Waals surface area contributed by atoms with Gasteiger partial charge in [-0.05, 0) is 39.5 Å². The molecule has 4 nitrogen and oxygen atoms in total. The third-order valence-electron chi connectivity index (χ3n) is 3.87. The van der Waals surface area contributed by atoms with Gasteiger partial charge in [0.2, 0.25) is 5.91 Å². The van der Waals surface area contributed by atoms with E-state index in [4.69, 9.17) is 4.74 Å². The van der Waals surface area contributed by atoms with Crippen molar-refractivity contribution in [3.8, 4) is 0 Å². The summed E-state index contributed by atoms with van der Waals surface area (Å²) in [6.45, 7) is 11.3. The average Bonchev–Trinajstić information content (AvgIpc) is 2.70. The number of rotatable bonds is 4. The molecule has 0 aromatic carbocycles. The quantitative estimate of drug-likeness (QED) is 0.807. The van der Waals surface area contributed by atoms with Crippen molar-refractivity contribution in [2.75, 3.05) is 0 Å². The fourth-order valence-corrected chi connectivity index (χ4v) is 2.56. The van der Waals surface area contributed by atoms with E-state index in [2.05, 4.69) is 5.32 Å². The molecule has 4 heteroatoms. The molecule has 1 amide bonds. The van der Waals surface area contributed by atoms with Crippen LogP contribution >= 0.6 is 0 Å². The molecule has 0 spiro atoms. The van der Waals surface area contributed by atoms with Gasteiger partial charge in [0, 0.05) is 5.41 Å². The molecule has 1 aliphatic carbocycles. The maximum Gasteiger partial charge on any atom is 0.329 e. The molecule has 1 rings (SSSR count). The summed E-state index contributed by atoms with van der Waals surface area (Å²) < 4.78 is 5.40. The van der Waals surface area contributed by atoms with E-state index in [0.29, 0.717) is 0 Å². The summed E-state index contributed by atoms with van der Waals surface area (Å²) in [4.78, 5) is 24.7. The molecule has 0 radical (unpaired) electrons. The molecule has 0 saturated heterocycles. The van der Waals surface area contributed by atoms with Crippen molar-refractivity contribution in [3.05, 3.63) is 0 Å². The van der Waals surface area contributed by atoms with Gasteiger partial charge in [0.05, 0.1) is 0 Å². The Labute approximate surface area is 122 Å². The molecule has 1 fully saturated rings. The topological polar surface area (TPSA) is 55.4 Å². The first-order valence-corrected chi connectivity index (χ1v) is 7.59. The lowest BCUT2D eigenvalue weighted by molar-refractivity contribution is -0.160. The molecule has 20 heavy (non-hydrogen) atoms. The van der Waals surface area contributed by atoms with E-state index in [0.717, 1.165) is 25.7 Å². The Morgan fingerprint density at radius 2 is 1.65 bits per heavy atom. The molecule has 0 aromatic rings. The molecule has 0 aromatic heterocycles. The average molecular weight is 283 g/mol. The Balaban J connectivity index is 2.72. The molecular weight excluding hydrogens is 254 g/mol. The Bertz CT molecular complexity index is 362. The number of amides is 1. The molecule has 1 atom stereocenters. The van der Waals surface area contributed by atoms with E-state index in [-0.39, 0.29) is 23.2 Å². The highest BCUT2D eigenvalue weighted by molar-refractivity contribution is 5.88. The fraction of sp³-hybridized carbons (Fsp3) is 0.875. The normalized spacial score (nSPS) is 19.8. The largest absolute Gasteiger partial charge is 0.458 e. The lowest BCUT2D eigenvalue weighted by Crippen LogP contribution is -2.51. The minimum Gasteiger partial charge on any atom is -0.458 e. The lowest BCUT2D eigenvalue weighted by Gasteiger charge is -2.30. The zero-order valence-electron chi connectivity index (χ0n) is 13.7. The molecule has 0 bridgehead atoms. The van der Waals surface area contributed by atoms with E-state index in [1.807, 2.05) is 41.5 Å². The molecule has 116 valence electrons. The molecule has 0 unspecified atom stereocenters. The smallest absolute Gasteiger partial charge is 0.329 e. The molecule has 1 aliphatic rings. The van der Waals surface area contributed by atoms with E-state index in [1.54, 1.807) is 0 Å². The highest BCUT2D eigenvalue weighted by atomic mass is 16.6. The van der Waals surface area contributed by atoms with Crippen molar-refractivity contribution in [3.63, 3.8) is 0 Å². The van der Waals surface area contributed by atoms with Crippen LogP contribution in [-0.2, 0) is 14.3 Å². The Kier molecular flexibility index (Phi) is 5.22. The van der Waals surface area contributed by atoms with Crippen LogP contribution in [0, 0.1) is 11.3 Å². The lowest BCUT2D eigenvalue weighted by atomic mass is 9.87. The van der Waals surface area contributed by atoms with Gasteiger partial charge in [0.1, 0.15) is 11.6 Å². The standard InChI is InChI=1S/C16H29NO3/c1-11(2)12(13(18)20-15(3,4)5)17-14(19)16(6)9-7-8-10-16/h11-12H,7-10H2,1-6H3,(H,17,19)/t12-/m0/s1. The summed E-state index contributed by atoms with van der Waals surface area (Å²) >= 11 is 0. The minimum absolute atomic E-state index is 0.0128. The number of hydrogen-bond donors (Lipinski definition) is 1. The number of carbonyl (C=O) groups excluding carboxylic acids is 2. The van der Waals surface area contributed by atoms with Gasteiger partial charge in [-0.2, -0.15) is 0 Å². The van der Waals surface area contributed by atoms with E-state index >= 15 is 0 Å². The molecule has 1 N–H and O–H groups in total. The van der Waals surface area contributed by atoms with Crippen LogP contribution in [-0.4, -0.2) is 23.5 Å². The van der Waals surface area contributed by atoms with Gasteiger partial charge in [0.25, 0.3) is 0 Å². The summed E-state index contributed by atoms with van der Waals surface area (Å²) in [5, 5.41) is 2.91. The monoisotopic (exact) mass is 283 g/mol. The second-order valence-electron chi connectivity index (χ2n) is 7.50. The van der Waals surface area contributed by atoms with Crippen molar-refractivity contribution >= 4 is 11.9 Å². The SMILES string of the molecule is CC(C)[C@H](NC(=O)C1(C)CCCC1)C(=O)OC(C)(C)C. The van der Waals surface area contributed by atoms with Crippen molar-refractivity contribution in [2.24, 2.45) is 11.3 Å². The summed E-state index contributed by atoms with van der Waals surface area (Å²) in [5.74, 6) is -0.346. The van der Waals surface area contributed by atoms with Crippen molar-refractivity contribution < 1.29 is 14.3 Å². The van der Waals surface area contributed by atoms with E-state index < -0.39 is 11.6 Å². The Hall–Kier alpha value is -1.06. The fourth-order valence-electron chi connectivity index (χ4n) is 2.56. The van der Waals surface area contributed by atoms with Crippen LogP contribution in [0.25, 0.3) is 0 Å². The molecule has 1 saturated carbocycles. The molecular formula is C16H29NO3. The zero-order chi connectivity index (χ0) is 15.6. The van der Waals surface area contributed by atoms with Gasteiger partial charge in [-0.1, -0.05) is 33.6 Å². The van der Waals surface area contributed by atoms with Crippen molar-refractivity contribution in [1.29, 1.82) is 0 Å². The predicted octanol–water partition coefficient (Wildman–Crippen LogP) is 3.05. The first-order valence-electron chi connectivity index (χ1n) is 7.59. The van der Waals surface area contributed by atoms with Gasteiger partial charge >= 0.3 is 5.97 Å².